The first kappa shape index (κ1) is 10.9. The molecule has 0 unspecified atom stereocenters. The van der Waals surface area contributed by atoms with E-state index in [1.807, 2.05) is 0 Å². The van der Waals surface area contributed by atoms with Gasteiger partial charge in [-0.1, -0.05) is 6.92 Å². The van der Waals surface area contributed by atoms with E-state index in [1.54, 1.807) is 18.3 Å². The van der Waals surface area contributed by atoms with Crippen LogP contribution in [0.4, 0.5) is 5.82 Å². The lowest BCUT2D eigenvalue weighted by Crippen LogP contribution is -2.34. The van der Waals surface area contributed by atoms with Crippen molar-refractivity contribution in [1.29, 1.82) is 0 Å². The molecular weight excluding hydrogens is 204 g/mol. The fourth-order valence-electron chi connectivity index (χ4n) is 2.01. The number of rotatable bonds is 3. The van der Waals surface area contributed by atoms with E-state index in [2.05, 4.69) is 17.2 Å². The van der Waals surface area contributed by atoms with Gasteiger partial charge in [-0.15, -0.1) is 0 Å². The number of hydrogen-bond acceptors (Lipinski definition) is 4. The van der Waals surface area contributed by atoms with E-state index in [0.717, 1.165) is 18.8 Å². The summed E-state index contributed by atoms with van der Waals surface area (Å²) >= 11 is 0. The van der Waals surface area contributed by atoms with Crippen LogP contribution < -0.4 is 5.32 Å². The van der Waals surface area contributed by atoms with Gasteiger partial charge in [0.25, 0.3) is 0 Å². The van der Waals surface area contributed by atoms with Crippen LogP contribution >= 0.6 is 0 Å². The van der Waals surface area contributed by atoms with Gasteiger partial charge in [0.05, 0.1) is 7.11 Å². The van der Waals surface area contributed by atoms with Gasteiger partial charge in [-0.05, 0) is 30.9 Å². The average Bonchev–Trinajstić information content (AvgIpc) is 2.27. The molecule has 4 heteroatoms. The third-order valence-electron chi connectivity index (χ3n) is 2.93. The van der Waals surface area contributed by atoms with Crippen LogP contribution in [-0.4, -0.2) is 24.1 Å². The lowest BCUT2D eigenvalue weighted by molar-refractivity contribution is 0.0601. The minimum absolute atomic E-state index is 0.344. The molecule has 0 radical (unpaired) electrons. The number of ether oxygens (including phenoxy) is 1. The Bertz CT molecular complexity index is 386. The van der Waals surface area contributed by atoms with Crippen LogP contribution in [-0.2, 0) is 4.74 Å². The lowest BCUT2D eigenvalue weighted by Gasteiger charge is -2.33. The van der Waals surface area contributed by atoms with Crippen LogP contribution in [0, 0.1) is 5.92 Å². The Morgan fingerprint density at radius 2 is 2.31 bits per heavy atom. The van der Waals surface area contributed by atoms with Gasteiger partial charge in [0.2, 0.25) is 0 Å². The molecule has 1 aromatic heterocycles. The smallest absolute Gasteiger partial charge is 0.341 e. The summed E-state index contributed by atoms with van der Waals surface area (Å²) in [5, 5.41) is 3.28. The molecule has 0 bridgehead atoms. The van der Waals surface area contributed by atoms with Crippen molar-refractivity contribution in [2.24, 2.45) is 5.92 Å². The predicted molar refractivity (Wildman–Crippen MR) is 61.4 cm³/mol. The number of methoxy groups -OCH3 is 1. The maximum atomic E-state index is 11.5. The second-order valence-corrected chi connectivity index (χ2v) is 4.31. The van der Waals surface area contributed by atoms with Crippen LogP contribution in [0.1, 0.15) is 30.1 Å². The van der Waals surface area contributed by atoms with Gasteiger partial charge in [-0.2, -0.15) is 0 Å². The summed E-state index contributed by atoms with van der Waals surface area (Å²) in [4.78, 5) is 15.7. The van der Waals surface area contributed by atoms with Crippen molar-refractivity contribution in [1.82, 2.24) is 4.98 Å². The first-order chi connectivity index (χ1) is 7.70. The number of carbonyl (C=O) groups is 1. The number of carbonyl (C=O) groups excluding carboxylic acids is 1. The second kappa shape index (κ2) is 4.51. The summed E-state index contributed by atoms with van der Waals surface area (Å²) < 4.78 is 4.71. The SMILES string of the molecule is COC(=O)c1cccnc1NC1CC(C)C1. The summed E-state index contributed by atoms with van der Waals surface area (Å²) in [7, 11) is 1.38. The van der Waals surface area contributed by atoms with Gasteiger partial charge >= 0.3 is 5.97 Å². The van der Waals surface area contributed by atoms with Crippen LogP contribution in [0.15, 0.2) is 18.3 Å². The van der Waals surface area contributed by atoms with Crippen molar-refractivity contribution in [2.75, 3.05) is 12.4 Å². The number of aromatic nitrogens is 1. The molecule has 0 aromatic carbocycles. The third-order valence-corrected chi connectivity index (χ3v) is 2.93. The zero-order valence-electron chi connectivity index (χ0n) is 9.56. The zero-order valence-corrected chi connectivity index (χ0v) is 9.56. The standard InChI is InChI=1S/C12H16N2O2/c1-8-6-9(7-8)14-11-10(12(15)16-2)4-3-5-13-11/h3-5,8-9H,6-7H2,1-2H3,(H,13,14). The number of hydrogen-bond donors (Lipinski definition) is 1. The van der Waals surface area contributed by atoms with Crippen LogP contribution in [0.2, 0.25) is 0 Å². The molecule has 0 spiro atoms. The maximum Gasteiger partial charge on any atom is 0.341 e. The molecule has 0 atom stereocenters. The molecule has 16 heavy (non-hydrogen) atoms. The van der Waals surface area contributed by atoms with Gasteiger partial charge in [-0.3, -0.25) is 0 Å². The van der Waals surface area contributed by atoms with Gasteiger partial charge in [0, 0.05) is 12.2 Å². The Labute approximate surface area is 95.0 Å². The number of anilines is 1. The average molecular weight is 220 g/mol. The predicted octanol–water partition coefficient (Wildman–Crippen LogP) is 2.08. The van der Waals surface area contributed by atoms with Crippen LogP contribution in [0.25, 0.3) is 0 Å². The van der Waals surface area contributed by atoms with Crippen molar-refractivity contribution >= 4 is 11.8 Å². The second-order valence-electron chi connectivity index (χ2n) is 4.31. The van der Waals surface area contributed by atoms with E-state index < -0.39 is 0 Å². The highest BCUT2D eigenvalue weighted by Crippen LogP contribution is 2.29. The molecule has 1 aliphatic rings. The molecule has 0 saturated heterocycles. The van der Waals surface area contributed by atoms with E-state index >= 15 is 0 Å². The Morgan fingerprint density at radius 3 is 2.94 bits per heavy atom. The maximum absolute atomic E-state index is 11.5. The number of esters is 1. The Hall–Kier alpha value is -1.58. The van der Waals surface area contributed by atoms with E-state index in [0.29, 0.717) is 17.4 Å². The molecule has 1 aromatic rings. The molecule has 1 aliphatic carbocycles. The molecule has 2 rings (SSSR count). The Kier molecular flexibility index (Phi) is 3.08. The molecule has 1 N–H and O–H groups in total. The quantitative estimate of drug-likeness (QED) is 0.792. The normalized spacial score (nSPS) is 23.4. The summed E-state index contributed by atoms with van der Waals surface area (Å²) in [5.74, 6) is 1.05. The molecule has 1 heterocycles. The minimum Gasteiger partial charge on any atom is -0.465 e. The summed E-state index contributed by atoms with van der Waals surface area (Å²) in [6.07, 6.45) is 3.95. The lowest BCUT2D eigenvalue weighted by atomic mass is 9.82. The molecule has 0 aliphatic heterocycles. The van der Waals surface area contributed by atoms with Crippen LogP contribution in [0.5, 0.6) is 0 Å². The molecule has 1 fully saturated rings. The largest absolute Gasteiger partial charge is 0.465 e. The van der Waals surface area contributed by atoms with Crippen LogP contribution in [0.3, 0.4) is 0 Å². The van der Waals surface area contributed by atoms with E-state index in [9.17, 15) is 4.79 Å². The summed E-state index contributed by atoms with van der Waals surface area (Å²) in [6.45, 7) is 2.22. The van der Waals surface area contributed by atoms with Crippen molar-refractivity contribution < 1.29 is 9.53 Å². The summed E-state index contributed by atoms with van der Waals surface area (Å²) in [5.41, 5.74) is 0.504. The van der Waals surface area contributed by atoms with Gasteiger partial charge in [0.1, 0.15) is 11.4 Å². The fourth-order valence-corrected chi connectivity index (χ4v) is 2.01. The highest BCUT2D eigenvalue weighted by atomic mass is 16.5. The van der Waals surface area contributed by atoms with Crippen molar-refractivity contribution in [3.8, 4) is 0 Å². The molecule has 1 saturated carbocycles. The first-order valence-electron chi connectivity index (χ1n) is 5.50. The molecular formula is C12H16N2O2. The topological polar surface area (TPSA) is 51.2 Å². The van der Waals surface area contributed by atoms with E-state index in [4.69, 9.17) is 4.74 Å². The van der Waals surface area contributed by atoms with Crippen molar-refractivity contribution in [2.45, 2.75) is 25.8 Å². The van der Waals surface area contributed by atoms with Gasteiger partial charge in [0.15, 0.2) is 0 Å². The van der Waals surface area contributed by atoms with Gasteiger partial charge in [-0.25, -0.2) is 9.78 Å². The fraction of sp³-hybridized carbons (Fsp3) is 0.500. The Morgan fingerprint density at radius 1 is 1.56 bits per heavy atom. The number of nitrogens with zero attached hydrogens (tertiary/aromatic N) is 1. The van der Waals surface area contributed by atoms with E-state index in [1.165, 1.54) is 7.11 Å². The number of pyridine rings is 1. The van der Waals surface area contributed by atoms with Crippen molar-refractivity contribution in [3.63, 3.8) is 0 Å². The number of nitrogens with one attached hydrogen (secondary N) is 1. The molecule has 86 valence electrons. The Balaban J connectivity index is 2.10. The summed E-state index contributed by atoms with van der Waals surface area (Å²) in [6, 6.07) is 3.90. The highest BCUT2D eigenvalue weighted by Gasteiger charge is 2.26. The van der Waals surface area contributed by atoms with Crippen molar-refractivity contribution in [3.05, 3.63) is 23.9 Å². The minimum atomic E-state index is -0.344. The highest BCUT2D eigenvalue weighted by molar-refractivity contribution is 5.94. The third kappa shape index (κ3) is 2.15. The first-order valence-corrected chi connectivity index (χ1v) is 5.50. The zero-order chi connectivity index (χ0) is 11.5. The molecule has 0 amide bonds. The van der Waals surface area contributed by atoms with Gasteiger partial charge < -0.3 is 10.1 Å². The van der Waals surface area contributed by atoms with E-state index in [-0.39, 0.29) is 5.97 Å². The monoisotopic (exact) mass is 220 g/mol. The molecule has 4 nitrogen and oxygen atoms in total.